The zero-order valence-electron chi connectivity index (χ0n) is 15.7. The molecule has 2 heterocycles. The number of para-hydroxylation sites is 2. The summed E-state index contributed by atoms with van der Waals surface area (Å²) in [6.45, 7) is 2.35. The summed E-state index contributed by atoms with van der Waals surface area (Å²) in [6.07, 6.45) is 1.42. The van der Waals surface area contributed by atoms with E-state index < -0.39 is 11.2 Å². The number of carbonyl (C=O) groups is 1. The number of nitrogens with one attached hydrogen (secondary N) is 1. The van der Waals surface area contributed by atoms with Gasteiger partial charge in [0.25, 0.3) is 11.5 Å². The number of carbonyl (C=O) groups excluding carboxylic acids is 1. The van der Waals surface area contributed by atoms with Crippen molar-refractivity contribution in [2.45, 2.75) is 6.92 Å². The zero-order valence-corrected chi connectivity index (χ0v) is 15.7. The first-order valence-corrected chi connectivity index (χ1v) is 9.17. The Morgan fingerprint density at radius 1 is 1.03 bits per heavy atom. The third-order valence-corrected chi connectivity index (χ3v) is 4.66. The van der Waals surface area contributed by atoms with Crippen molar-refractivity contribution in [2.75, 3.05) is 11.4 Å². The van der Waals surface area contributed by atoms with E-state index in [2.05, 4.69) is 9.97 Å². The highest BCUT2D eigenvalue weighted by Crippen LogP contribution is 2.17. The Morgan fingerprint density at radius 2 is 1.76 bits per heavy atom. The van der Waals surface area contributed by atoms with Gasteiger partial charge in [-0.2, -0.15) is 0 Å². The molecule has 7 heteroatoms. The van der Waals surface area contributed by atoms with Crippen LogP contribution in [0.2, 0.25) is 0 Å². The van der Waals surface area contributed by atoms with E-state index in [0.29, 0.717) is 23.0 Å². The monoisotopic (exact) mass is 386 g/mol. The normalized spacial score (nSPS) is 10.8. The maximum absolute atomic E-state index is 13.1. The SMILES string of the molecule is CCN(C(=O)c1ccnc(-n2c(=O)[nH]c3ccccc3c2=O)c1)c1ccccc1. The molecule has 4 rings (SSSR count). The lowest BCUT2D eigenvalue weighted by molar-refractivity contribution is 0.0988. The van der Waals surface area contributed by atoms with Gasteiger partial charge in [-0.3, -0.25) is 9.59 Å². The minimum atomic E-state index is -0.610. The summed E-state index contributed by atoms with van der Waals surface area (Å²) >= 11 is 0. The summed E-state index contributed by atoms with van der Waals surface area (Å²) in [7, 11) is 0. The van der Waals surface area contributed by atoms with Gasteiger partial charge in [0.1, 0.15) is 5.82 Å². The van der Waals surface area contributed by atoms with E-state index in [-0.39, 0.29) is 11.7 Å². The summed E-state index contributed by atoms with van der Waals surface area (Å²) in [5, 5.41) is 0.366. The molecule has 0 unspecified atom stereocenters. The molecule has 0 aliphatic heterocycles. The predicted octanol–water partition coefficient (Wildman–Crippen LogP) is 2.74. The Labute approximate surface area is 165 Å². The highest BCUT2D eigenvalue weighted by Gasteiger charge is 2.18. The minimum Gasteiger partial charge on any atom is -0.309 e. The number of H-pyrrole nitrogens is 1. The standard InChI is InChI=1S/C22H18N4O3/c1-2-25(16-8-4-3-5-9-16)20(27)15-12-13-23-19(14-15)26-21(28)17-10-6-7-11-18(17)24-22(26)29/h3-14H,2H2,1H3,(H,24,29). The molecule has 0 aliphatic carbocycles. The van der Waals surface area contributed by atoms with Crippen molar-refractivity contribution in [3.05, 3.63) is 99.3 Å². The Hall–Kier alpha value is -4.00. The number of fused-ring (bicyclic) bond motifs is 1. The summed E-state index contributed by atoms with van der Waals surface area (Å²) in [6, 6.07) is 19.1. The van der Waals surface area contributed by atoms with Crippen LogP contribution in [0.5, 0.6) is 0 Å². The molecule has 0 saturated heterocycles. The smallest absolute Gasteiger partial charge is 0.309 e. The van der Waals surface area contributed by atoms with Crippen LogP contribution in [-0.4, -0.2) is 27.0 Å². The molecule has 0 atom stereocenters. The second-order valence-corrected chi connectivity index (χ2v) is 6.40. The van der Waals surface area contributed by atoms with Gasteiger partial charge < -0.3 is 9.88 Å². The lowest BCUT2D eigenvalue weighted by Crippen LogP contribution is -2.35. The molecule has 4 aromatic rings. The van der Waals surface area contributed by atoms with Gasteiger partial charge in [0.15, 0.2) is 0 Å². The van der Waals surface area contributed by atoms with Gasteiger partial charge in [-0.15, -0.1) is 0 Å². The molecule has 144 valence electrons. The van der Waals surface area contributed by atoms with E-state index in [1.807, 2.05) is 37.3 Å². The molecular weight excluding hydrogens is 368 g/mol. The number of amides is 1. The van der Waals surface area contributed by atoms with Gasteiger partial charge >= 0.3 is 5.69 Å². The van der Waals surface area contributed by atoms with Crippen molar-refractivity contribution in [2.24, 2.45) is 0 Å². The van der Waals surface area contributed by atoms with Crippen LogP contribution in [0.25, 0.3) is 16.7 Å². The Kier molecular flexibility index (Phi) is 4.78. The number of aromatic amines is 1. The molecule has 2 aromatic heterocycles. The molecule has 0 radical (unpaired) electrons. The first-order chi connectivity index (χ1) is 14.1. The average Bonchev–Trinajstić information content (AvgIpc) is 2.75. The van der Waals surface area contributed by atoms with Crippen LogP contribution < -0.4 is 16.1 Å². The molecule has 1 N–H and O–H groups in total. The van der Waals surface area contributed by atoms with Gasteiger partial charge in [0.2, 0.25) is 0 Å². The summed E-state index contributed by atoms with van der Waals surface area (Å²) in [5.74, 6) is -0.149. The highest BCUT2D eigenvalue weighted by atomic mass is 16.2. The predicted molar refractivity (Wildman–Crippen MR) is 112 cm³/mol. The topological polar surface area (TPSA) is 88.1 Å². The second-order valence-electron chi connectivity index (χ2n) is 6.40. The van der Waals surface area contributed by atoms with Crippen LogP contribution in [0.15, 0.2) is 82.5 Å². The fourth-order valence-electron chi connectivity index (χ4n) is 3.25. The fourth-order valence-corrected chi connectivity index (χ4v) is 3.25. The zero-order chi connectivity index (χ0) is 20.4. The third kappa shape index (κ3) is 3.34. The molecular formula is C22H18N4O3. The molecule has 0 bridgehead atoms. The van der Waals surface area contributed by atoms with Crippen molar-refractivity contribution in [3.8, 4) is 5.82 Å². The molecule has 0 spiro atoms. The van der Waals surface area contributed by atoms with E-state index in [9.17, 15) is 14.4 Å². The number of anilines is 1. The Bertz CT molecular complexity index is 1310. The van der Waals surface area contributed by atoms with E-state index in [0.717, 1.165) is 10.3 Å². The minimum absolute atomic E-state index is 0.0944. The fraction of sp³-hybridized carbons (Fsp3) is 0.0909. The van der Waals surface area contributed by atoms with E-state index in [1.54, 1.807) is 35.2 Å². The summed E-state index contributed by atoms with van der Waals surface area (Å²) in [4.78, 5) is 46.9. The molecule has 2 aromatic carbocycles. The average molecular weight is 386 g/mol. The quantitative estimate of drug-likeness (QED) is 0.584. The van der Waals surface area contributed by atoms with Gasteiger partial charge in [0, 0.05) is 24.0 Å². The Morgan fingerprint density at radius 3 is 2.52 bits per heavy atom. The molecule has 7 nitrogen and oxygen atoms in total. The maximum Gasteiger partial charge on any atom is 0.334 e. The van der Waals surface area contributed by atoms with Gasteiger partial charge in [-0.1, -0.05) is 30.3 Å². The molecule has 0 aliphatic rings. The Balaban J connectivity index is 1.81. The third-order valence-electron chi connectivity index (χ3n) is 4.66. The number of hydrogen-bond donors (Lipinski definition) is 1. The highest BCUT2D eigenvalue weighted by molar-refractivity contribution is 6.06. The van der Waals surface area contributed by atoms with Gasteiger partial charge in [-0.25, -0.2) is 14.3 Å². The van der Waals surface area contributed by atoms with Crippen LogP contribution in [0.1, 0.15) is 17.3 Å². The van der Waals surface area contributed by atoms with Gasteiger partial charge in [0.05, 0.1) is 10.9 Å². The van der Waals surface area contributed by atoms with Crippen molar-refractivity contribution < 1.29 is 4.79 Å². The largest absolute Gasteiger partial charge is 0.334 e. The van der Waals surface area contributed by atoms with Crippen LogP contribution in [0.4, 0.5) is 5.69 Å². The first-order valence-electron chi connectivity index (χ1n) is 9.17. The molecule has 0 saturated carbocycles. The lowest BCUT2D eigenvalue weighted by Gasteiger charge is -2.21. The summed E-state index contributed by atoms with van der Waals surface area (Å²) < 4.78 is 0.942. The van der Waals surface area contributed by atoms with Crippen molar-refractivity contribution in [3.63, 3.8) is 0 Å². The first kappa shape index (κ1) is 18.4. The van der Waals surface area contributed by atoms with Crippen LogP contribution in [-0.2, 0) is 0 Å². The number of pyridine rings is 1. The van der Waals surface area contributed by atoms with Crippen molar-refractivity contribution in [1.82, 2.24) is 14.5 Å². The van der Waals surface area contributed by atoms with E-state index in [1.165, 1.54) is 12.3 Å². The lowest BCUT2D eigenvalue weighted by atomic mass is 10.2. The van der Waals surface area contributed by atoms with Crippen LogP contribution in [0, 0.1) is 0 Å². The summed E-state index contributed by atoms with van der Waals surface area (Å²) in [5.41, 5.74) is 0.449. The van der Waals surface area contributed by atoms with Crippen molar-refractivity contribution in [1.29, 1.82) is 0 Å². The van der Waals surface area contributed by atoms with E-state index in [4.69, 9.17) is 0 Å². The number of nitrogens with zero attached hydrogens (tertiary/aromatic N) is 3. The van der Waals surface area contributed by atoms with Gasteiger partial charge in [-0.05, 0) is 43.3 Å². The number of aromatic nitrogens is 3. The van der Waals surface area contributed by atoms with Crippen LogP contribution in [0.3, 0.4) is 0 Å². The molecule has 29 heavy (non-hydrogen) atoms. The number of rotatable bonds is 4. The number of benzene rings is 2. The number of hydrogen-bond acceptors (Lipinski definition) is 4. The van der Waals surface area contributed by atoms with Crippen LogP contribution >= 0.6 is 0 Å². The van der Waals surface area contributed by atoms with Crippen molar-refractivity contribution >= 4 is 22.5 Å². The second kappa shape index (κ2) is 7.55. The molecule has 1 amide bonds. The van der Waals surface area contributed by atoms with E-state index >= 15 is 0 Å². The molecule has 0 fully saturated rings. The maximum atomic E-state index is 13.1.